The van der Waals surface area contributed by atoms with Gasteiger partial charge >= 0.3 is 6.09 Å². The summed E-state index contributed by atoms with van der Waals surface area (Å²) in [5.41, 5.74) is 3.16. The standard InChI is InChI=1S/C21H26N6O3/c1-15-9-16(12-22)11-17(10-15)14-30-21(29)27-7-5-18(6-8-27)24-20(28)4-2-3-19-13-23-26-25-19/h9-11,13,18H,2-8,14H2,1H3,(H,24,28)(H,23,25,26). The molecule has 2 heterocycles. The maximum absolute atomic E-state index is 12.3. The Labute approximate surface area is 175 Å². The Kier molecular flexibility index (Phi) is 7.38. The highest BCUT2D eigenvalue weighted by Crippen LogP contribution is 2.14. The fourth-order valence-electron chi connectivity index (χ4n) is 3.53. The first kappa shape index (κ1) is 21.3. The van der Waals surface area contributed by atoms with Crippen LogP contribution in [0.2, 0.25) is 0 Å². The van der Waals surface area contributed by atoms with Gasteiger partial charge in [0.1, 0.15) is 6.61 Å². The predicted molar refractivity (Wildman–Crippen MR) is 108 cm³/mol. The molecule has 0 aliphatic carbocycles. The highest BCUT2D eigenvalue weighted by atomic mass is 16.6. The summed E-state index contributed by atoms with van der Waals surface area (Å²) in [6, 6.07) is 7.60. The van der Waals surface area contributed by atoms with Crippen LogP contribution in [0.5, 0.6) is 0 Å². The molecule has 1 aliphatic rings. The number of carbonyl (C=O) groups is 2. The van der Waals surface area contributed by atoms with Crippen LogP contribution in [0.4, 0.5) is 4.79 Å². The molecule has 1 fully saturated rings. The molecule has 9 heteroatoms. The van der Waals surface area contributed by atoms with Crippen molar-refractivity contribution in [3.8, 4) is 6.07 Å². The van der Waals surface area contributed by atoms with Gasteiger partial charge in [-0.25, -0.2) is 4.79 Å². The summed E-state index contributed by atoms with van der Waals surface area (Å²) in [7, 11) is 0. The number of aromatic nitrogens is 3. The third-order valence-electron chi connectivity index (χ3n) is 5.05. The first-order chi connectivity index (χ1) is 14.5. The number of amides is 2. The first-order valence-corrected chi connectivity index (χ1v) is 10.1. The summed E-state index contributed by atoms with van der Waals surface area (Å²) in [5, 5.41) is 22.3. The molecule has 0 bridgehead atoms. The second-order valence-electron chi connectivity index (χ2n) is 7.52. The summed E-state index contributed by atoms with van der Waals surface area (Å²) in [4.78, 5) is 26.1. The normalized spacial score (nSPS) is 14.2. The number of ether oxygens (including phenoxy) is 1. The van der Waals surface area contributed by atoms with E-state index >= 15 is 0 Å². The number of hydrogen-bond acceptors (Lipinski definition) is 6. The number of benzene rings is 1. The van der Waals surface area contributed by atoms with Crippen LogP contribution in [0.25, 0.3) is 0 Å². The van der Waals surface area contributed by atoms with Crippen molar-refractivity contribution in [2.45, 2.75) is 51.7 Å². The van der Waals surface area contributed by atoms with Crippen LogP contribution in [0, 0.1) is 18.3 Å². The SMILES string of the molecule is Cc1cc(C#N)cc(COC(=O)N2CCC(NC(=O)CCCc3c[nH]nn3)CC2)c1. The predicted octanol–water partition coefficient (Wildman–Crippen LogP) is 2.22. The molecule has 2 aromatic rings. The lowest BCUT2D eigenvalue weighted by atomic mass is 10.0. The molecule has 2 amide bonds. The summed E-state index contributed by atoms with van der Waals surface area (Å²) in [5.74, 6) is 0.0206. The van der Waals surface area contributed by atoms with Crippen molar-refractivity contribution in [3.63, 3.8) is 0 Å². The lowest BCUT2D eigenvalue weighted by Crippen LogP contribution is -2.46. The average Bonchev–Trinajstić information content (AvgIpc) is 3.25. The molecule has 1 saturated heterocycles. The quantitative estimate of drug-likeness (QED) is 0.721. The van der Waals surface area contributed by atoms with E-state index in [-0.39, 0.29) is 24.6 Å². The monoisotopic (exact) mass is 410 g/mol. The van der Waals surface area contributed by atoms with Gasteiger partial charge in [-0.3, -0.25) is 9.89 Å². The summed E-state index contributed by atoms with van der Waals surface area (Å²) < 4.78 is 5.40. The van der Waals surface area contributed by atoms with E-state index in [0.29, 0.717) is 44.3 Å². The minimum absolute atomic E-state index is 0.0206. The molecule has 0 unspecified atom stereocenters. The molecule has 1 aliphatic heterocycles. The second-order valence-corrected chi connectivity index (χ2v) is 7.52. The Morgan fingerprint density at radius 2 is 2.13 bits per heavy atom. The van der Waals surface area contributed by atoms with Crippen molar-refractivity contribution in [1.82, 2.24) is 25.6 Å². The van der Waals surface area contributed by atoms with Crippen LogP contribution in [0.15, 0.2) is 24.4 Å². The Morgan fingerprint density at radius 3 is 2.83 bits per heavy atom. The molecule has 3 rings (SSSR count). The molecule has 0 spiro atoms. The highest BCUT2D eigenvalue weighted by Gasteiger charge is 2.24. The van der Waals surface area contributed by atoms with Gasteiger partial charge in [0, 0.05) is 31.7 Å². The van der Waals surface area contributed by atoms with Crippen LogP contribution in [-0.4, -0.2) is 51.4 Å². The maximum Gasteiger partial charge on any atom is 0.410 e. The van der Waals surface area contributed by atoms with Gasteiger partial charge in [0.05, 0.1) is 17.3 Å². The Hall–Kier alpha value is -3.41. The van der Waals surface area contributed by atoms with Gasteiger partial charge in [0.2, 0.25) is 5.91 Å². The molecule has 0 radical (unpaired) electrons. The Bertz CT molecular complexity index is 898. The molecule has 0 atom stereocenters. The van der Waals surface area contributed by atoms with Crippen molar-refractivity contribution in [2.75, 3.05) is 13.1 Å². The zero-order valence-corrected chi connectivity index (χ0v) is 17.1. The van der Waals surface area contributed by atoms with Crippen molar-refractivity contribution >= 4 is 12.0 Å². The van der Waals surface area contributed by atoms with E-state index in [1.54, 1.807) is 23.2 Å². The number of aryl methyl sites for hydroxylation is 2. The molecule has 158 valence electrons. The van der Waals surface area contributed by atoms with Gasteiger partial charge in [0.25, 0.3) is 0 Å². The number of hydrogen-bond donors (Lipinski definition) is 2. The van der Waals surface area contributed by atoms with Crippen LogP contribution < -0.4 is 5.32 Å². The molecule has 0 saturated carbocycles. The van der Waals surface area contributed by atoms with Crippen LogP contribution >= 0.6 is 0 Å². The second kappa shape index (κ2) is 10.4. The summed E-state index contributed by atoms with van der Waals surface area (Å²) >= 11 is 0. The van der Waals surface area contributed by atoms with Crippen LogP contribution in [0.3, 0.4) is 0 Å². The molecule has 9 nitrogen and oxygen atoms in total. The number of nitrogens with one attached hydrogen (secondary N) is 2. The van der Waals surface area contributed by atoms with E-state index in [2.05, 4.69) is 26.8 Å². The van der Waals surface area contributed by atoms with Crippen LogP contribution in [0.1, 0.15) is 48.1 Å². The van der Waals surface area contributed by atoms with Crippen LogP contribution in [-0.2, 0) is 22.6 Å². The number of rotatable bonds is 7. The average molecular weight is 410 g/mol. The summed E-state index contributed by atoms with van der Waals surface area (Å²) in [6.45, 7) is 3.12. The zero-order valence-electron chi connectivity index (χ0n) is 17.1. The minimum atomic E-state index is -0.368. The molecule has 2 N–H and O–H groups in total. The van der Waals surface area contributed by atoms with Gasteiger partial charge in [0.15, 0.2) is 0 Å². The number of nitriles is 1. The van der Waals surface area contributed by atoms with E-state index in [1.165, 1.54) is 0 Å². The van der Waals surface area contributed by atoms with E-state index in [1.807, 2.05) is 13.0 Å². The lowest BCUT2D eigenvalue weighted by Gasteiger charge is -2.31. The minimum Gasteiger partial charge on any atom is -0.445 e. The first-order valence-electron chi connectivity index (χ1n) is 10.1. The van der Waals surface area contributed by atoms with E-state index < -0.39 is 0 Å². The highest BCUT2D eigenvalue weighted by molar-refractivity contribution is 5.76. The largest absolute Gasteiger partial charge is 0.445 e. The molecule has 1 aromatic carbocycles. The van der Waals surface area contributed by atoms with Crippen molar-refractivity contribution in [1.29, 1.82) is 5.26 Å². The topological polar surface area (TPSA) is 124 Å². The number of aromatic amines is 1. The third-order valence-corrected chi connectivity index (χ3v) is 5.05. The van der Waals surface area contributed by atoms with Crippen molar-refractivity contribution < 1.29 is 14.3 Å². The Morgan fingerprint density at radius 1 is 1.33 bits per heavy atom. The molecular weight excluding hydrogens is 384 g/mol. The lowest BCUT2D eigenvalue weighted by molar-refractivity contribution is -0.122. The van der Waals surface area contributed by atoms with E-state index in [9.17, 15) is 9.59 Å². The van der Waals surface area contributed by atoms with Gasteiger partial charge in [-0.2, -0.15) is 5.26 Å². The van der Waals surface area contributed by atoms with Gasteiger partial charge in [-0.15, -0.1) is 5.10 Å². The fourth-order valence-corrected chi connectivity index (χ4v) is 3.53. The maximum atomic E-state index is 12.3. The Balaban J connectivity index is 1.35. The van der Waals surface area contributed by atoms with E-state index in [4.69, 9.17) is 10.00 Å². The fraction of sp³-hybridized carbons (Fsp3) is 0.476. The number of H-pyrrole nitrogens is 1. The number of nitrogens with zero attached hydrogens (tertiary/aromatic N) is 4. The van der Waals surface area contributed by atoms with E-state index in [0.717, 1.165) is 23.2 Å². The number of piperidine rings is 1. The van der Waals surface area contributed by atoms with Gasteiger partial charge in [-0.1, -0.05) is 11.3 Å². The number of likely N-dealkylation sites (tertiary alicyclic amines) is 1. The third kappa shape index (κ3) is 6.30. The molecule has 30 heavy (non-hydrogen) atoms. The van der Waals surface area contributed by atoms with Crippen molar-refractivity contribution in [2.24, 2.45) is 0 Å². The zero-order chi connectivity index (χ0) is 21.3. The molecule has 1 aromatic heterocycles. The molecular formula is C21H26N6O3. The van der Waals surface area contributed by atoms with Gasteiger partial charge in [-0.05, 0) is 55.9 Å². The number of carbonyl (C=O) groups excluding carboxylic acids is 2. The van der Waals surface area contributed by atoms with Crippen molar-refractivity contribution in [3.05, 3.63) is 46.8 Å². The summed E-state index contributed by atoms with van der Waals surface area (Å²) in [6.07, 6.45) is 4.64. The smallest absolute Gasteiger partial charge is 0.410 e. The van der Waals surface area contributed by atoms with Gasteiger partial charge < -0.3 is 15.0 Å².